The number of hydrogen-bond donors (Lipinski definition) is 2. The fourth-order valence-corrected chi connectivity index (χ4v) is 2.36. The van der Waals surface area contributed by atoms with Crippen LogP contribution in [0.1, 0.15) is 15.9 Å². The lowest BCUT2D eigenvalue weighted by Gasteiger charge is -2.09. The molecule has 5 nitrogen and oxygen atoms in total. The molecular formula is C18H14ClFN4O. The predicted octanol–water partition coefficient (Wildman–Crippen LogP) is 4.13. The van der Waals surface area contributed by atoms with Gasteiger partial charge in [0.2, 0.25) is 0 Å². The number of aromatic nitrogens is 2. The number of benzene rings is 2. The Bertz CT molecular complexity index is 904. The van der Waals surface area contributed by atoms with Crippen LogP contribution in [0.15, 0.2) is 60.9 Å². The zero-order valence-electron chi connectivity index (χ0n) is 13.0. The van der Waals surface area contributed by atoms with E-state index in [1.54, 1.807) is 18.3 Å². The molecule has 0 radical (unpaired) electrons. The largest absolute Gasteiger partial charge is 0.365 e. The molecule has 3 aromatic rings. The molecule has 0 bridgehead atoms. The molecule has 0 fully saturated rings. The predicted molar refractivity (Wildman–Crippen MR) is 95.2 cm³/mol. The minimum atomic E-state index is -0.451. The van der Waals surface area contributed by atoms with Gasteiger partial charge in [-0.25, -0.2) is 9.37 Å². The molecule has 0 aliphatic rings. The van der Waals surface area contributed by atoms with Gasteiger partial charge < -0.3 is 10.6 Å². The maximum Gasteiger partial charge on any atom is 0.255 e. The molecule has 0 spiro atoms. The maximum absolute atomic E-state index is 13.2. The number of rotatable bonds is 5. The number of halogens is 2. The fourth-order valence-electron chi connectivity index (χ4n) is 2.21. The highest BCUT2D eigenvalue weighted by Gasteiger charge is 2.07. The van der Waals surface area contributed by atoms with Crippen LogP contribution < -0.4 is 10.6 Å². The summed E-state index contributed by atoms with van der Waals surface area (Å²) in [4.78, 5) is 20.2. The molecule has 0 aliphatic carbocycles. The number of hydrogen-bond acceptors (Lipinski definition) is 4. The summed E-state index contributed by atoms with van der Waals surface area (Å²) in [5.74, 6) is -0.264. The normalized spacial score (nSPS) is 10.3. The van der Waals surface area contributed by atoms with Crippen LogP contribution in [-0.4, -0.2) is 15.9 Å². The standard InChI is InChI=1S/C18H14ClFN4O/c19-16-10-21-11-17(24-16)22-9-12-3-1-6-15(7-12)23-18(25)13-4-2-5-14(20)8-13/h1-8,10-11H,9H2,(H,22,24)(H,23,25). The van der Waals surface area contributed by atoms with Gasteiger partial charge in [-0.15, -0.1) is 0 Å². The summed E-state index contributed by atoms with van der Waals surface area (Å²) in [5.41, 5.74) is 1.81. The molecule has 1 aromatic heterocycles. The number of amides is 1. The van der Waals surface area contributed by atoms with E-state index in [2.05, 4.69) is 20.6 Å². The SMILES string of the molecule is O=C(Nc1cccc(CNc2cncc(Cl)n2)c1)c1cccc(F)c1. The molecular weight excluding hydrogens is 343 g/mol. The van der Waals surface area contributed by atoms with Gasteiger partial charge >= 0.3 is 0 Å². The summed E-state index contributed by atoms with van der Waals surface area (Å²) in [6, 6.07) is 12.9. The monoisotopic (exact) mass is 356 g/mol. The first-order valence-electron chi connectivity index (χ1n) is 7.47. The van der Waals surface area contributed by atoms with Gasteiger partial charge in [0, 0.05) is 17.8 Å². The van der Waals surface area contributed by atoms with Crippen molar-refractivity contribution in [3.05, 3.63) is 83.0 Å². The Hall–Kier alpha value is -2.99. The van der Waals surface area contributed by atoms with E-state index in [-0.39, 0.29) is 11.5 Å². The van der Waals surface area contributed by atoms with Crippen LogP contribution in [0.25, 0.3) is 0 Å². The lowest BCUT2D eigenvalue weighted by atomic mass is 10.1. The highest BCUT2D eigenvalue weighted by atomic mass is 35.5. The summed E-state index contributed by atoms with van der Waals surface area (Å²) in [6.07, 6.45) is 3.02. The molecule has 0 unspecified atom stereocenters. The lowest BCUT2D eigenvalue weighted by molar-refractivity contribution is 0.102. The molecule has 0 aliphatic heterocycles. The maximum atomic E-state index is 13.2. The second-order valence-electron chi connectivity index (χ2n) is 5.25. The first-order chi connectivity index (χ1) is 12.1. The molecule has 0 saturated heterocycles. The Morgan fingerprint density at radius 2 is 1.96 bits per heavy atom. The van der Waals surface area contributed by atoms with Crippen molar-refractivity contribution >= 4 is 29.0 Å². The van der Waals surface area contributed by atoms with E-state index in [9.17, 15) is 9.18 Å². The van der Waals surface area contributed by atoms with Gasteiger partial charge in [-0.3, -0.25) is 9.78 Å². The smallest absolute Gasteiger partial charge is 0.255 e. The van der Waals surface area contributed by atoms with Crippen molar-refractivity contribution in [3.8, 4) is 0 Å². The third kappa shape index (κ3) is 4.74. The molecule has 1 heterocycles. The molecule has 7 heteroatoms. The lowest BCUT2D eigenvalue weighted by Crippen LogP contribution is -2.12. The van der Waals surface area contributed by atoms with Crippen molar-refractivity contribution in [1.82, 2.24) is 9.97 Å². The minimum Gasteiger partial charge on any atom is -0.365 e. The highest BCUT2D eigenvalue weighted by molar-refractivity contribution is 6.29. The van der Waals surface area contributed by atoms with E-state index in [0.717, 1.165) is 5.56 Å². The molecule has 3 rings (SSSR count). The molecule has 126 valence electrons. The fraction of sp³-hybridized carbons (Fsp3) is 0.0556. The van der Waals surface area contributed by atoms with Gasteiger partial charge in [0.25, 0.3) is 5.91 Å². The summed E-state index contributed by atoms with van der Waals surface area (Å²) in [5, 5.41) is 6.16. The Morgan fingerprint density at radius 3 is 2.76 bits per heavy atom. The topological polar surface area (TPSA) is 66.9 Å². The van der Waals surface area contributed by atoms with E-state index in [1.165, 1.54) is 24.4 Å². The third-order valence-electron chi connectivity index (χ3n) is 3.35. The second kappa shape index (κ2) is 7.72. The Kier molecular flexibility index (Phi) is 5.20. The van der Waals surface area contributed by atoms with E-state index in [4.69, 9.17) is 11.6 Å². The van der Waals surface area contributed by atoms with Crippen molar-refractivity contribution < 1.29 is 9.18 Å². The Labute approximate surface area is 148 Å². The van der Waals surface area contributed by atoms with Crippen LogP contribution in [0.5, 0.6) is 0 Å². The van der Waals surface area contributed by atoms with Gasteiger partial charge in [0.05, 0.1) is 12.4 Å². The van der Waals surface area contributed by atoms with Crippen molar-refractivity contribution in [2.24, 2.45) is 0 Å². The first-order valence-corrected chi connectivity index (χ1v) is 7.85. The number of carbonyl (C=O) groups is 1. The van der Waals surface area contributed by atoms with Crippen LogP contribution >= 0.6 is 11.6 Å². The zero-order chi connectivity index (χ0) is 17.6. The van der Waals surface area contributed by atoms with Crippen LogP contribution in [0.4, 0.5) is 15.9 Å². The second-order valence-corrected chi connectivity index (χ2v) is 5.63. The quantitative estimate of drug-likeness (QED) is 0.721. The van der Waals surface area contributed by atoms with E-state index in [0.29, 0.717) is 23.2 Å². The minimum absolute atomic E-state index is 0.262. The highest BCUT2D eigenvalue weighted by Crippen LogP contribution is 2.15. The molecule has 1 amide bonds. The number of carbonyl (C=O) groups excluding carboxylic acids is 1. The Balaban J connectivity index is 1.66. The van der Waals surface area contributed by atoms with E-state index in [1.807, 2.05) is 18.2 Å². The molecule has 2 aromatic carbocycles. The van der Waals surface area contributed by atoms with Gasteiger partial charge in [0.15, 0.2) is 0 Å². The van der Waals surface area contributed by atoms with Crippen molar-refractivity contribution in [3.63, 3.8) is 0 Å². The molecule has 2 N–H and O–H groups in total. The Morgan fingerprint density at radius 1 is 1.12 bits per heavy atom. The average Bonchev–Trinajstić information content (AvgIpc) is 2.60. The van der Waals surface area contributed by atoms with Crippen molar-refractivity contribution in [2.75, 3.05) is 10.6 Å². The summed E-state index contributed by atoms with van der Waals surface area (Å²) in [6.45, 7) is 0.485. The third-order valence-corrected chi connectivity index (χ3v) is 3.53. The van der Waals surface area contributed by atoms with Gasteiger partial charge in [-0.1, -0.05) is 29.8 Å². The van der Waals surface area contributed by atoms with Crippen LogP contribution in [0.2, 0.25) is 5.15 Å². The van der Waals surface area contributed by atoms with Crippen LogP contribution in [0, 0.1) is 5.82 Å². The van der Waals surface area contributed by atoms with Gasteiger partial charge in [0.1, 0.15) is 16.8 Å². The zero-order valence-corrected chi connectivity index (χ0v) is 13.8. The first kappa shape index (κ1) is 16.9. The number of anilines is 2. The van der Waals surface area contributed by atoms with Crippen LogP contribution in [0.3, 0.4) is 0 Å². The van der Waals surface area contributed by atoms with Crippen molar-refractivity contribution in [1.29, 1.82) is 0 Å². The van der Waals surface area contributed by atoms with E-state index < -0.39 is 5.82 Å². The van der Waals surface area contributed by atoms with Crippen molar-refractivity contribution in [2.45, 2.75) is 6.54 Å². The molecule has 25 heavy (non-hydrogen) atoms. The van der Waals surface area contributed by atoms with Crippen LogP contribution in [-0.2, 0) is 6.54 Å². The van der Waals surface area contributed by atoms with Gasteiger partial charge in [-0.2, -0.15) is 0 Å². The molecule has 0 saturated carbocycles. The average molecular weight is 357 g/mol. The van der Waals surface area contributed by atoms with Gasteiger partial charge in [-0.05, 0) is 35.9 Å². The number of nitrogens with one attached hydrogen (secondary N) is 2. The summed E-state index contributed by atoms with van der Waals surface area (Å²) in [7, 11) is 0. The summed E-state index contributed by atoms with van der Waals surface area (Å²) < 4.78 is 13.2. The summed E-state index contributed by atoms with van der Waals surface area (Å²) >= 11 is 5.79. The number of nitrogens with zero attached hydrogens (tertiary/aromatic N) is 2. The van der Waals surface area contributed by atoms with E-state index >= 15 is 0 Å². The molecule has 0 atom stereocenters.